The molecule has 0 radical (unpaired) electrons. The van der Waals surface area contributed by atoms with Crippen molar-refractivity contribution in [3.05, 3.63) is 29.0 Å². The van der Waals surface area contributed by atoms with Crippen LogP contribution in [0.1, 0.15) is 6.92 Å². The van der Waals surface area contributed by atoms with Crippen LogP contribution in [0.25, 0.3) is 0 Å². The van der Waals surface area contributed by atoms with Gasteiger partial charge < -0.3 is 15.7 Å². The van der Waals surface area contributed by atoms with E-state index in [0.717, 1.165) is 6.07 Å². The number of anilines is 1. The molecular formula is C11H12ClFN2O3. The number of rotatable bonds is 5. The van der Waals surface area contributed by atoms with Gasteiger partial charge in [-0.2, -0.15) is 0 Å². The molecule has 0 aromatic heterocycles. The molecule has 1 unspecified atom stereocenters. The van der Waals surface area contributed by atoms with E-state index in [9.17, 15) is 14.0 Å². The van der Waals surface area contributed by atoms with Gasteiger partial charge in [-0.05, 0) is 18.2 Å². The van der Waals surface area contributed by atoms with Gasteiger partial charge in [0, 0.05) is 13.5 Å². The molecule has 0 aliphatic rings. The van der Waals surface area contributed by atoms with Gasteiger partial charge in [-0.1, -0.05) is 11.6 Å². The van der Waals surface area contributed by atoms with E-state index in [4.69, 9.17) is 16.7 Å². The summed E-state index contributed by atoms with van der Waals surface area (Å²) in [5, 5.41) is 14.0. The van der Waals surface area contributed by atoms with Crippen molar-refractivity contribution in [1.82, 2.24) is 5.32 Å². The summed E-state index contributed by atoms with van der Waals surface area (Å²) in [6.45, 7) is 1.17. The first-order chi connectivity index (χ1) is 8.40. The second kappa shape index (κ2) is 6.20. The first kappa shape index (κ1) is 14.2. The summed E-state index contributed by atoms with van der Waals surface area (Å²) >= 11 is 5.76. The molecule has 1 aromatic carbocycles. The molecule has 0 saturated heterocycles. The van der Waals surface area contributed by atoms with Crippen molar-refractivity contribution in [3.8, 4) is 0 Å². The highest BCUT2D eigenvalue weighted by Crippen LogP contribution is 2.22. The van der Waals surface area contributed by atoms with Crippen LogP contribution in [-0.4, -0.2) is 29.6 Å². The molecule has 3 N–H and O–H groups in total. The maximum Gasteiger partial charge on any atom is 0.328 e. The molecule has 1 amide bonds. The highest BCUT2D eigenvalue weighted by atomic mass is 35.5. The number of hydrogen-bond acceptors (Lipinski definition) is 3. The molecule has 1 aromatic rings. The third-order valence-corrected chi connectivity index (χ3v) is 2.42. The first-order valence-corrected chi connectivity index (χ1v) is 5.46. The Labute approximate surface area is 108 Å². The molecule has 5 nitrogen and oxygen atoms in total. The van der Waals surface area contributed by atoms with Crippen LogP contribution in [0.3, 0.4) is 0 Å². The number of aliphatic carboxylic acids is 1. The standard InChI is InChI=1S/C11H12ClFN2O3/c1-6(16)15-10(11(17)18)5-14-9-3-2-7(13)4-8(9)12/h2-4,10,14H,5H2,1H3,(H,15,16)(H,17,18). The SMILES string of the molecule is CC(=O)NC(CNc1ccc(F)cc1Cl)C(=O)O. The third kappa shape index (κ3) is 4.21. The van der Waals surface area contributed by atoms with Crippen LogP contribution in [0.15, 0.2) is 18.2 Å². The minimum Gasteiger partial charge on any atom is -0.480 e. The van der Waals surface area contributed by atoms with Gasteiger partial charge >= 0.3 is 5.97 Å². The number of halogens is 2. The van der Waals surface area contributed by atoms with E-state index in [1.54, 1.807) is 0 Å². The van der Waals surface area contributed by atoms with Crippen LogP contribution in [0.5, 0.6) is 0 Å². The number of nitrogens with one attached hydrogen (secondary N) is 2. The Bertz CT molecular complexity index is 468. The Kier molecular flexibility index (Phi) is 4.91. The Balaban J connectivity index is 2.66. The summed E-state index contributed by atoms with van der Waals surface area (Å²) in [6, 6.07) is 2.62. The summed E-state index contributed by atoms with van der Waals surface area (Å²) in [5.41, 5.74) is 0.398. The Hall–Kier alpha value is -1.82. The number of carbonyl (C=O) groups is 2. The fourth-order valence-corrected chi connectivity index (χ4v) is 1.52. The van der Waals surface area contributed by atoms with E-state index >= 15 is 0 Å². The van der Waals surface area contributed by atoms with Gasteiger partial charge in [-0.25, -0.2) is 9.18 Å². The molecule has 0 fully saturated rings. The zero-order valence-corrected chi connectivity index (χ0v) is 10.3. The molecular weight excluding hydrogens is 263 g/mol. The number of carboxylic acid groups (broad SMARTS) is 1. The van der Waals surface area contributed by atoms with E-state index in [1.807, 2.05) is 0 Å². The number of carboxylic acids is 1. The molecule has 18 heavy (non-hydrogen) atoms. The summed E-state index contributed by atoms with van der Waals surface area (Å²) in [4.78, 5) is 21.7. The zero-order chi connectivity index (χ0) is 13.7. The number of hydrogen-bond donors (Lipinski definition) is 3. The topological polar surface area (TPSA) is 78.4 Å². The quantitative estimate of drug-likeness (QED) is 0.760. The van der Waals surface area contributed by atoms with Crippen molar-refractivity contribution in [3.63, 3.8) is 0 Å². The van der Waals surface area contributed by atoms with Gasteiger partial charge in [-0.3, -0.25) is 4.79 Å². The number of benzene rings is 1. The average molecular weight is 275 g/mol. The lowest BCUT2D eigenvalue weighted by molar-refractivity contribution is -0.141. The van der Waals surface area contributed by atoms with Gasteiger partial charge in [-0.15, -0.1) is 0 Å². The molecule has 98 valence electrons. The Morgan fingerprint density at radius 1 is 1.50 bits per heavy atom. The minimum absolute atomic E-state index is 0.0553. The van der Waals surface area contributed by atoms with Gasteiger partial charge in [0.1, 0.15) is 11.9 Å². The highest BCUT2D eigenvalue weighted by molar-refractivity contribution is 6.33. The molecule has 0 spiro atoms. The predicted molar refractivity (Wildman–Crippen MR) is 65.1 cm³/mol. The van der Waals surface area contributed by atoms with E-state index in [0.29, 0.717) is 5.69 Å². The third-order valence-electron chi connectivity index (χ3n) is 2.10. The fraction of sp³-hybridized carbons (Fsp3) is 0.273. The lowest BCUT2D eigenvalue weighted by atomic mass is 10.2. The van der Waals surface area contributed by atoms with Crippen molar-refractivity contribution in [2.45, 2.75) is 13.0 Å². The summed E-state index contributed by atoms with van der Waals surface area (Å²) < 4.78 is 12.8. The molecule has 1 rings (SSSR count). The number of carbonyl (C=O) groups excluding carboxylic acids is 1. The van der Waals surface area contributed by atoms with Gasteiger partial charge in [0.2, 0.25) is 5.91 Å². The van der Waals surface area contributed by atoms with Crippen molar-refractivity contribution in [1.29, 1.82) is 0 Å². The van der Waals surface area contributed by atoms with Crippen molar-refractivity contribution in [2.75, 3.05) is 11.9 Å². The summed E-state index contributed by atoms with van der Waals surface area (Å²) in [7, 11) is 0. The maximum atomic E-state index is 12.8. The van der Waals surface area contributed by atoms with Gasteiger partial charge in [0.05, 0.1) is 10.7 Å². The normalized spacial score (nSPS) is 11.7. The smallest absolute Gasteiger partial charge is 0.328 e. The van der Waals surface area contributed by atoms with Crippen LogP contribution >= 0.6 is 11.6 Å². The Morgan fingerprint density at radius 2 is 2.17 bits per heavy atom. The monoisotopic (exact) mass is 274 g/mol. The summed E-state index contributed by atoms with van der Waals surface area (Å²) in [6.07, 6.45) is 0. The fourth-order valence-electron chi connectivity index (χ4n) is 1.29. The van der Waals surface area contributed by atoms with Gasteiger partial charge in [0.25, 0.3) is 0 Å². The molecule has 7 heteroatoms. The second-order valence-electron chi connectivity index (χ2n) is 3.60. The van der Waals surface area contributed by atoms with Crippen LogP contribution in [0.4, 0.5) is 10.1 Å². The van der Waals surface area contributed by atoms with E-state index in [1.165, 1.54) is 19.1 Å². The van der Waals surface area contributed by atoms with Crippen molar-refractivity contribution in [2.24, 2.45) is 0 Å². The predicted octanol–water partition coefficient (Wildman–Crippen LogP) is 1.48. The largest absolute Gasteiger partial charge is 0.480 e. The summed E-state index contributed by atoms with van der Waals surface area (Å²) in [5.74, 6) is -2.10. The molecule has 0 saturated carbocycles. The number of amides is 1. The minimum atomic E-state index is -1.17. The Morgan fingerprint density at radius 3 is 2.67 bits per heavy atom. The van der Waals surface area contributed by atoms with Crippen molar-refractivity contribution < 1.29 is 19.1 Å². The van der Waals surface area contributed by atoms with E-state index in [-0.39, 0.29) is 11.6 Å². The molecule has 1 atom stereocenters. The molecule has 0 bridgehead atoms. The van der Waals surface area contributed by atoms with Crippen molar-refractivity contribution >= 4 is 29.2 Å². The van der Waals surface area contributed by atoms with E-state index in [2.05, 4.69) is 10.6 Å². The lowest BCUT2D eigenvalue weighted by Crippen LogP contribution is -2.44. The highest BCUT2D eigenvalue weighted by Gasteiger charge is 2.18. The van der Waals surface area contributed by atoms with Crippen LogP contribution in [0.2, 0.25) is 5.02 Å². The molecule has 0 aliphatic heterocycles. The lowest BCUT2D eigenvalue weighted by Gasteiger charge is -2.15. The van der Waals surface area contributed by atoms with E-state index < -0.39 is 23.7 Å². The van der Waals surface area contributed by atoms with Crippen LogP contribution < -0.4 is 10.6 Å². The van der Waals surface area contributed by atoms with Crippen LogP contribution in [-0.2, 0) is 9.59 Å². The molecule has 0 aliphatic carbocycles. The molecule has 0 heterocycles. The second-order valence-corrected chi connectivity index (χ2v) is 4.00. The first-order valence-electron chi connectivity index (χ1n) is 5.09. The zero-order valence-electron chi connectivity index (χ0n) is 9.54. The van der Waals surface area contributed by atoms with Crippen LogP contribution in [0, 0.1) is 5.82 Å². The average Bonchev–Trinajstić information content (AvgIpc) is 2.25. The maximum absolute atomic E-state index is 12.8. The van der Waals surface area contributed by atoms with Gasteiger partial charge in [0.15, 0.2) is 0 Å².